The lowest BCUT2D eigenvalue weighted by molar-refractivity contribution is 0.0601. The number of ether oxygens (including phenoxy) is 1. The largest absolute Gasteiger partial charge is 0.465 e. The number of carbonyl (C=O) groups is 1. The molecule has 0 aromatic heterocycles. The first-order valence-electron chi connectivity index (χ1n) is 6.14. The molecule has 0 amide bonds. The molecule has 1 aromatic carbocycles. The first-order chi connectivity index (χ1) is 8.49. The van der Waals surface area contributed by atoms with Crippen LogP contribution in [0.1, 0.15) is 37.6 Å². The van der Waals surface area contributed by atoms with Crippen LogP contribution in [0.2, 0.25) is 0 Å². The summed E-state index contributed by atoms with van der Waals surface area (Å²) in [6.07, 6.45) is 1.01. The van der Waals surface area contributed by atoms with Gasteiger partial charge in [-0.25, -0.2) is 9.18 Å². The van der Waals surface area contributed by atoms with E-state index in [1.165, 1.54) is 25.3 Å². The van der Waals surface area contributed by atoms with Crippen molar-refractivity contribution in [2.45, 2.75) is 33.2 Å². The molecule has 2 unspecified atom stereocenters. The summed E-state index contributed by atoms with van der Waals surface area (Å²) in [6, 6.07) is 4.17. The average Bonchev–Trinajstić information content (AvgIpc) is 2.37. The van der Waals surface area contributed by atoms with Crippen LogP contribution in [0.5, 0.6) is 0 Å². The molecule has 2 atom stereocenters. The molecule has 0 saturated carbocycles. The number of methoxy groups -OCH3 is 1. The maximum atomic E-state index is 13.3. The van der Waals surface area contributed by atoms with Gasteiger partial charge in [0.15, 0.2) is 0 Å². The monoisotopic (exact) mass is 253 g/mol. The fourth-order valence-corrected chi connectivity index (χ4v) is 1.66. The van der Waals surface area contributed by atoms with Gasteiger partial charge in [-0.3, -0.25) is 0 Å². The van der Waals surface area contributed by atoms with Crippen LogP contribution in [0.3, 0.4) is 0 Å². The van der Waals surface area contributed by atoms with Crippen molar-refractivity contribution in [1.29, 1.82) is 0 Å². The van der Waals surface area contributed by atoms with E-state index in [2.05, 4.69) is 23.9 Å². The quantitative estimate of drug-likeness (QED) is 0.817. The smallest absolute Gasteiger partial charge is 0.339 e. The Balaban J connectivity index is 2.99. The Morgan fingerprint density at radius 2 is 2.11 bits per heavy atom. The summed E-state index contributed by atoms with van der Waals surface area (Å²) in [5.41, 5.74) is 0.837. The molecular formula is C14H20FNO2. The zero-order chi connectivity index (χ0) is 13.7. The molecule has 0 saturated heterocycles. The van der Waals surface area contributed by atoms with Crippen LogP contribution < -0.4 is 5.32 Å². The molecule has 1 rings (SSSR count). The van der Waals surface area contributed by atoms with Gasteiger partial charge in [0, 0.05) is 6.04 Å². The summed E-state index contributed by atoms with van der Waals surface area (Å²) in [5.74, 6) is -0.408. The topological polar surface area (TPSA) is 38.3 Å². The molecule has 0 aliphatic heterocycles. The number of esters is 1. The van der Waals surface area contributed by atoms with Crippen molar-refractivity contribution in [3.8, 4) is 0 Å². The Morgan fingerprint density at radius 1 is 1.44 bits per heavy atom. The van der Waals surface area contributed by atoms with E-state index >= 15 is 0 Å². The van der Waals surface area contributed by atoms with E-state index in [1.54, 1.807) is 0 Å². The van der Waals surface area contributed by atoms with E-state index in [9.17, 15) is 9.18 Å². The predicted octanol–water partition coefficient (Wildman–Crippen LogP) is 3.46. The fraction of sp³-hybridized carbons (Fsp3) is 0.500. The molecular weight excluding hydrogens is 233 g/mol. The molecule has 100 valence electrons. The van der Waals surface area contributed by atoms with Crippen LogP contribution in [0.4, 0.5) is 10.1 Å². The zero-order valence-electron chi connectivity index (χ0n) is 11.3. The number of benzene rings is 1. The Bertz CT molecular complexity index is 420. The number of hydrogen-bond donors (Lipinski definition) is 1. The van der Waals surface area contributed by atoms with Crippen LogP contribution in [-0.4, -0.2) is 19.1 Å². The standard InChI is InChI=1S/C14H20FNO2/c1-5-9(2)10(3)16-13-8-11(15)6-7-12(13)14(17)18-4/h6-10,16H,5H2,1-4H3. The van der Waals surface area contributed by atoms with Crippen molar-refractivity contribution >= 4 is 11.7 Å². The average molecular weight is 253 g/mol. The third kappa shape index (κ3) is 3.45. The molecule has 0 heterocycles. The highest BCUT2D eigenvalue weighted by atomic mass is 19.1. The Kier molecular flexibility index (Phi) is 5.13. The van der Waals surface area contributed by atoms with Crippen LogP contribution in [-0.2, 0) is 4.74 Å². The van der Waals surface area contributed by atoms with Gasteiger partial charge in [-0.05, 0) is 31.0 Å². The third-order valence-electron chi connectivity index (χ3n) is 3.27. The van der Waals surface area contributed by atoms with E-state index in [0.717, 1.165) is 6.42 Å². The zero-order valence-corrected chi connectivity index (χ0v) is 11.3. The molecule has 3 nitrogen and oxygen atoms in total. The van der Waals surface area contributed by atoms with E-state index in [4.69, 9.17) is 0 Å². The molecule has 0 fully saturated rings. The molecule has 1 aromatic rings. The van der Waals surface area contributed by atoms with Crippen LogP contribution in [0.15, 0.2) is 18.2 Å². The van der Waals surface area contributed by atoms with Crippen molar-refractivity contribution in [3.05, 3.63) is 29.6 Å². The van der Waals surface area contributed by atoms with Gasteiger partial charge in [-0.1, -0.05) is 20.3 Å². The first-order valence-corrected chi connectivity index (χ1v) is 6.14. The van der Waals surface area contributed by atoms with Crippen molar-refractivity contribution < 1.29 is 13.9 Å². The highest BCUT2D eigenvalue weighted by molar-refractivity contribution is 5.95. The summed E-state index contributed by atoms with van der Waals surface area (Å²) >= 11 is 0. The van der Waals surface area contributed by atoms with Gasteiger partial charge < -0.3 is 10.1 Å². The number of anilines is 1. The lowest BCUT2D eigenvalue weighted by Crippen LogP contribution is -2.24. The number of nitrogens with one attached hydrogen (secondary N) is 1. The second-order valence-corrected chi connectivity index (χ2v) is 4.50. The summed E-state index contributed by atoms with van der Waals surface area (Å²) < 4.78 is 17.9. The molecule has 0 bridgehead atoms. The maximum absolute atomic E-state index is 13.3. The third-order valence-corrected chi connectivity index (χ3v) is 3.27. The van der Waals surface area contributed by atoms with Crippen molar-refractivity contribution in [2.24, 2.45) is 5.92 Å². The van der Waals surface area contributed by atoms with Gasteiger partial charge in [0.25, 0.3) is 0 Å². The number of carbonyl (C=O) groups excluding carboxylic acids is 1. The first kappa shape index (κ1) is 14.5. The molecule has 18 heavy (non-hydrogen) atoms. The van der Waals surface area contributed by atoms with Gasteiger partial charge in [-0.2, -0.15) is 0 Å². The lowest BCUT2D eigenvalue weighted by Gasteiger charge is -2.22. The summed E-state index contributed by atoms with van der Waals surface area (Å²) in [4.78, 5) is 11.6. The Hall–Kier alpha value is -1.58. The number of halogens is 1. The minimum Gasteiger partial charge on any atom is -0.465 e. The summed E-state index contributed by atoms with van der Waals surface area (Å²) in [7, 11) is 1.31. The second kappa shape index (κ2) is 6.38. The number of rotatable bonds is 5. The Labute approximate surface area is 107 Å². The van der Waals surface area contributed by atoms with Gasteiger partial charge >= 0.3 is 5.97 Å². The molecule has 0 aliphatic carbocycles. The van der Waals surface area contributed by atoms with Crippen LogP contribution in [0.25, 0.3) is 0 Å². The van der Waals surface area contributed by atoms with Crippen LogP contribution in [0, 0.1) is 11.7 Å². The minimum absolute atomic E-state index is 0.153. The molecule has 1 N–H and O–H groups in total. The van der Waals surface area contributed by atoms with Gasteiger partial charge in [0.05, 0.1) is 18.4 Å². The van der Waals surface area contributed by atoms with Gasteiger partial charge in [0.1, 0.15) is 5.82 Å². The Morgan fingerprint density at radius 3 is 2.67 bits per heavy atom. The van der Waals surface area contributed by atoms with Crippen molar-refractivity contribution in [2.75, 3.05) is 12.4 Å². The fourth-order valence-electron chi connectivity index (χ4n) is 1.66. The normalized spacial score (nSPS) is 13.8. The van der Waals surface area contributed by atoms with E-state index in [-0.39, 0.29) is 11.9 Å². The minimum atomic E-state index is -0.464. The second-order valence-electron chi connectivity index (χ2n) is 4.50. The highest BCUT2D eigenvalue weighted by Crippen LogP contribution is 2.21. The summed E-state index contributed by atoms with van der Waals surface area (Å²) in [6.45, 7) is 6.21. The molecule has 0 aliphatic rings. The van der Waals surface area contributed by atoms with E-state index < -0.39 is 5.97 Å². The molecule has 0 spiro atoms. The van der Waals surface area contributed by atoms with Gasteiger partial charge in [0.2, 0.25) is 0 Å². The van der Waals surface area contributed by atoms with Crippen molar-refractivity contribution in [1.82, 2.24) is 0 Å². The number of hydrogen-bond acceptors (Lipinski definition) is 3. The lowest BCUT2D eigenvalue weighted by atomic mass is 10.00. The van der Waals surface area contributed by atoms with E-state index in [0.29, 0.717) is 17.2 Å². The van der Waals surface area contributed by atoms with Crippen molar-refractivity contribution in [3.63, 3.8) is 0 Å². The van der Waals surface area contributed by atoms with Gasteiger partial charge in [-0.15, -0.1) is 0 Å². The maximum Gasteiger partial charge on any atom is 0.339 e. The molecule has 4 heteroatoms. The SMILES string of the molecule is CCC(C)C(C)Nc1cc(F)ccc1C(=O)OC. The summed E-state index contributed by atoms with van der Waals surface area (Å²) in [5, 5.41) is 3.18. The predicted molar refractivity (Wildman–Crippen MR) is 70.3 cm³/mol. The van der Waals surface area contributed by atoms with Crippen LogP contribution >= 0.6 is 0 Å². The van der Waals surface area contributed by atoms with E-state index in [1.807, 2.05) is 6.92 Å². The molecule has 0 radical (unpaired) electrons. The highest BCUT2D eigenvalue weighted by Gasteiger charge is 2.16.